The van der Waals surface area contributed by atoms with E-state index in [1.807, 2.05) is 69.6 Å². The normalized spacial score (nSPS) is 11.5. The van der Waals surface area contributed by atoms with Gasteiger partial charge in [-0.3, -0.25) is 4.79 Å². The van der Waals surface area contributed by atoms with E-state index in [0.717, 1.165) is 17.0 Å². The van der Waals surface area contributed by atoms with Crippen LogP contribution in [0, 0.1) is 12.3 Å². The number of hydrogen-bond donors (Lipinski definition) is 1. The largest absolute Gasteiger partial charge is 0.393 e. The van der Waals surface area contributed by atoms with Gasteiger partial charge in [0.2, 0.25) is 5.69 Å². The molecule has 0 saturated carbocycles. The van der Waals surface area contributed by atoms with E-state index in [-0.39, 0.29) is 5.78 Å². The molecule has 2 N–H and O–H groups in total. The Labute approximate surface area is 136 Å². The van der Waals surface area contributed by atoms with Crippen LogP contribution in [0.2, 0.25) is 5.02 Å². The summed E-state index contributed by atoms with van der Waals surface area (Å²) < 4.78 is 2.00. The fourth-order valence-corrected chi connectivity index (χ4v) is 2.54. The van der Waals surface area contributed by atoms with Crippen molar-refractivity contribution in [3.8, 4) is 11.3 Å². The molecule has 116 valence electrons. The molecule has 2 rings (SSSR count). The number of nitrogens with zero attached hydrogens (tertiary/aromatic N) is 1. The van der Waals surface area contributed by atoms with Crippen LogP contribution in [0.15, 0.2) is 30.3 Å². The average Bonchev–Trinajstić information content (AvgIpc) is 2.43. The highest BCUT2D eigenvalue weighted by Crippen LogP contribution is 2.31. The zero-order chi connectivity index (χ0) is 16.7. The molecule has 0 radical (unpaired) electrons. The van der Waals surface area contributed by atoms with Crippen molar-refractivity contribution >= 4 is 23.1 Å². The van der Waals surface area contributed by atoms with Gasteiger partial charge >= 0.3 is 0 Å². The van der Waals surface area contributed by atoms with Gasteiger partial charge in [0.1, 0.15) is 12.7 Å². The van der Waals surface area contributed by atoms with Gasteiger partial charge in [-0.05, 0) is 24.3 Å². The van der Waals surface area contributed by atoms with Crippen molar-refractivity contribution in [2.24, 2.45) is 12.5 Å². The molecule has 0 atom stereocenters. The van der Waals surface area contributed by atoms with Crippen molar-refractivity contribution < 1.29 is 9.36 Å². The maximum absolute atomic E-state index is 12.7. The number of hydrogen-bond acceptors (Lipinski definition) is 2. The second-order valence-corrected chi connectivity index (χ2v) is 7.04. The summed E-state index contributed by atoms with van der Waals surface area (Å²) in [5.74, 6) is 0.0453. The van der Waals surface area contributed by atoms with Crippen LogP contribution in [0.25, 0.3) is 11.3 Å². The van der Waals surface area contributed by atoms with Gasteiger partial charge in [-0.1, -0.05) is 32.4 Å². The van der Waals surface area contributed by atoms with Crippen LogP contribution in [-0.2, 0) is 7.05 Å². The number of aryl methyl sites for hydroxylation is 1. The molecule has 0 aliphatic rings. The number of benzene rings is 1. The van der Waals surface area contributed by atoms with Gasteiger partial charge in [-0.25, -0.2) is 0 Å². The van der Waals surface area contributed by atoms with E-state index in [4.69, 9.17) is 17.3 Å². The molecule has 0 bridgehead atoms. The summed E-state index contributed by atoms with van der Waals surface area (Å²) in [5.41, 5.74) is 9.71. The lowest BCUT2D eigenvalue weighted by molar-refractivity contribution is -0.666. The summed E-state index contributed by atoms with van der Waals surface area (Å²) in [7, 11) is 1.95. The van der Waals surface area contributed by atoms with Crippen LogP contribution >= 0.6 is 11.6 Å². The fourth-order valence-electron chi connectivity index (χ4n) is 2.42. The van der Waals surface area contributed by atoms with Crippen LogP contribution in [0.5, 0.6) is 0 Å². The van der Waals surface area contributed by atoms with Crippen molar-refractivity contribution in [2.45, 2.75) is 27.7 Å². The number of aromatic nitrogens is 1. The van der Waals surface area contributed by atoms with Crippen LogP contribution in [0.1, 0.15) is 36.8 Å². The molecule has 0 aliphatic heterocycles. The third-order valence-corrected chi connectivity index (χ3v) is 4.06. The first-order valence-corrected chi connectivity index (χ1v) is 7.60. The van der Waals surface area contributed by atoms with Crippen molar-refractivity contribution in [1.82, 2.24) is 0 Å². The number of ketones is 1. The Kier molecular flexibility index (Phi) is 4.30. The smallest absolute Gasteiger partial charge is 0.236 e. The van der Waals surface area contributed by atoms with Crippen LogP contribution in [0.4, 0.5) is 5.69 Å². The SMILES string of the molecule is Cc1cc(C(=O)C(C)(C)C)c(N)c(-c2ccc(Cl)cc2)[n+]1C. The van der Waals surface area contributed by atoms with E-state index < -0.39 is 5.41 Å². The van der Waals surface area contributed by atoms with E-state index in [1.165, 1.54) is 0 Å². The van der Waals surface area contributed by atoms with Gasteiger partial charge in [0.25, 0.3) is 0 Å². The number of pyridine rings is 1. The lowest BCUT2D eigenvalue weighted by atomic mass is 9.85. The monoisotopic (exact) mass is 317 g/mol. The molecular weight excluding hydrogens is 296 g/mol. The van der Waals surface area contributed by atoms with Crippen LogP contribution < -0.4 is 10.3 Å². The molecule has 2 aromatic rings. The number of carbonyl (C=O) groups is 1. The summed E-state index contributed by atoms with van der Waals surface area (Å²) in [6, 6.07) is 9.34. The number of carbonyl (C=O) groups excluding carboxylic acids is 1. The highest BCUT2D eigenvalue weighted by Gasteiger charge is 2.30. The predicted molar refractivity (Wildman–Crippen MR) is 91.0 cm³/mol. The minimum atomic E-state index is -0.474. The summed E-state index contributed by atoms with van der Waals surface area (Å²) in [4.78, 5) is 12.7. The predicted octanol–water partition coefficient (Wildman–Crippen LogP) is 3.95. The summed E-state index contributed by atoms with van der Waals surface area (Å²) in [6.07, 6.45) is 0. The Morgan fingerprint density at radius 2 is 1.73 bits per heavy atom. The molecule has 1 aromatic heterocycles. The van der Waals surface area contributed by atoms with Crippen molar-refractivity contribution in [2.75, 3.05) is 5.73 Å². The molecule has 0 amide bonds. The van der Waals surface area contributed by atoms with E-state index in [2.05, 4.69) is 0 Å². The molecule has 0 fully saturated rings. The molecular formula is C18H22ClN2O+. The number of nitrogens with two attached hydrogens (primary N) is 1. The van der Waals surface area contributed by atoms with Gasteiger partial charge in [0.05, 0.1) is 5.56 Å². The second kappa shape index (κ2) is 5.73. The standard InChI is InChI=1S/C18H21ClN2O/c1-11-10-14(17(22)18(2,3)4)15(20)16(21(11)5)12-6-8-13(19)9-7-12/h6-10H,1-5H3,(H-,20,22)/p+1. The van der Waals surface area contributed by atoms with Gasteiger partial charge < -0.3 is 5.73 Å². The first-order chi connectivity index (χ1) is 10.1. The quantitative estimate of drug-likeness (QED) is 0.673. The number of halogens is 1. The van der Waals surface area contributed by atoms with Gasteiger partial charge in [-0.15, -0.1) is 0 Å². The minimum Gasteiger partial charge on any atom is -0.393 e. The number of rotatable bonds is 2. The number of Topliss-reactive ketones (excluding diaryl/α,β-unsaturated/α-hetero) is 1. The summed E-state index contributed by atoms with van der Waals surface area (Å²) >= 11 is 5.96. The molecule has 0 spiro atoms. The zero-order valence-corrected chi connectivity index (χ0v) is 14.5. The molecule has 1 heterocycles. The van der Waals surface area contributed by atoms with E-state index in [1.54, 1.807) is 0 Å². The lowest BCUT2D eigenvalue weighted by Gasteiger charge is -2.19. The average molecular weight is 318 g/mol. The highest BCUT2D eigenvalue weighted by molar-refractivity contribution is 6.30. The van der Waals surface area contributed by atoms with Crippen molar-refractivity contribution in [1.29, 1.82) is 0 Å². The summed E-state index contributed by atoms with van der Waals surface area (Å²) in [6.45, 7) is 7.68. The fraction of sp³-hybridized carbons (Fsp3) is 0.333. The Hall–Kier alpha value is -1.87. The molecule has 22 heavy (non-hydrogen) atoms. The Morgan fingerprint density at radius 1 is 1.18 bits per heavy atom. The van der Waals surface area contributed by atoms with Gasteiger partial charge in [0.15, 0.2) is 11.5 Å². The third-order valence-electron chi connectivity index (χ3n) is 3.81. The van der Waals surface area contributed by atoms with E-state index in [0.29, 0.717) is 16.3 Å². The van der Waals surface area contributed by atoms with Gasteiger partial charge in [0, 0.05) is 29.0 Å². The Morgan fingerprint density at radius 3 is 2.23 bits per heavy atom. The maximum atomic E-state index is 12.7. The maximum Gasteiger partial charge on any atom is 0.236 e. The third kappa shape index (κ3) is 3.00. The highest BCUT2D eigenvalue weighted by atomic mass is 35.5. The van der Waals surface area contributed by atoms with E-state index >= 15 is 0 Å². The molecule has 3 nitrogen and oxygen atoms in total. The first kappa shape index (κ1) is 16.5. The molecule has 1 aromatic carbocycles. The first-order valence-electron chi connectivity index (χ1n) is 7.22. The molecule has 0 saturated heterocycles. The van der Waals surface area contributed by atoms with E-state index in [9.17, 15) is 4.79 Å². The lowest BCUT2D eigenvalue weighted by Crippen LogP contribution is -2.37. The molecule has 4 heteroatoms. The van der Waals surface area contributed by atoms with Crippen molar-refractivity contribution in [3.63, 3.8) is 0 Å². The number of anilines is 1. The zero-order valence-electron chi connectivity index (χ0n) is 13.7. The topological polar surface area (TPSA) is 47.0 Å². The number of nitrogen functional groups attached to an aromatic ring is 1. The second-order valence-electron chi connectivity index (χ2n) is 6.61. The minimum absolute atomic E-state index is 0.0453. The van der Waals surface area contributed by atoms with Crippen LogP contribution in [-0.4, -0.2) is 5.78 Å². The van der Waals surface area contributed by atoms with Gasteiger partial charge in [-0.2, -0.15) is 4.57 Å². The van der Waals surface area contributed by atoms with Crippen molar-refractivity contribution in [3.05, 3.63) is 46.6 Å². The van der Waals surface area contributed by atoms with Crippen LogP contribution in [0.3, 0.4) is 0 Å². The molecule has 0 aliphatic carbocycles. The summed E-state index contributed by atoms with van der Waals surface area (Å²) in [5, 5.41) is 0.670. The Balaban J connectivity index is 2.72. The Bertz CT molecular complexity index is 728. The molecule has 0 unspecified atom stereocenters.